The molecule has 3 rings (SSSR count). The van der Waals surface area contributed by atoms with Crippen LogP contribution in [0.2, 0.25) is 0 Å². The summed E-state index contributed by atoms with van der Waals surface area (Å²) in [7, 11) is 1.67. The molecule has 0 saturated carbocycles. The third kappa shape index (κ3) is 1.62. The fourth-order valence-electron chi connectivity index (χ4n) is 2.08. The molecule has 4 nitrogen and oxygen atoms in total. The van der Waals surface area contributed by atoms with E-state index in [9.17, 15) is 0 Å². The zero-order chi connectivity index (χ0) is 12.5. The van der Waals surface area contributed by atoms with Gasteiger partial charge in [0, 0.05) is 6.20 Å². The van der Waals surface area contributed by atoms with Crippen molar-refractivity contribution in [3.63, 3.8) is 0 Å². The Kier molecular flexibility index (Phi) is 2.48. The van der Waals surface area contributed by atoms with Gasteiger partial charge in [-0.3, -0.25) is 9.55 Å². The summed E-state index contributed by atoms with van der Waals surface area (Å²) in [5, 5.41) is 0. The predicted octanol–water partition coefficient (Wildman–Crippen LogP) is 2.74. The number of aromatic nitrogens is 3. The maximum atomic E-state index is 5.22. The van der Waals surface area contributed by atoms with E-state index in [0.717, 1.165) is 28.0 Å². The number of benzene rings is 1. The number of fused-ring (bicyclic) bond motifs is 1. The van der Waals surface area contributed by atoms with Crippen molar-refractivity contribution >= 4 is 11.0 Å². The van der Waals surface area contributed by atoms with Crippen LogP contribution in [0.4, 0.5) is 0 Å². The molecule has 0 aliphatic heterocycles. The molecule has 0 atom stereocenters. The number of rotatable bonds is 2. The van der Waals surface area contributed by atoms with Gasteiger partial charge in [0.05, 0.1) is 24.5 Å². The summed E-state index contributed by atoms with van der Waals surface area (Å²) in [6.45, 7) is 2.06. The molecule has 4 heteroatoms. The third-order valence-electron chi connectivity index (χ3n) is 3.01. The van der Waals surface area contributed by atoms with Gasteiger partial charge in [-0.25, -0.2) is 4.98 Å². The monoisotopic (exact) mass is 239 g/mol. The minimum absolute atomic E-state index is 0.863. The number of ether oxygens (including phenoxy) is 1. The molecule has 0 N–H and O–H groups in total. The van der Waals surface area contributed by atoms with Gasteiger partial charge in [0.2, 0.25) is 0 Å². The first-order valence-corrected chi connectivity index (χ1v) is 5.71. The molecular formula is C14H13N3O. The van der Waals surface area contributed by atoms with Gasteiger partial charge in [-0.1, -0.05) is 0 Å². The quantitative estimate of drug-likeness (QED) is 0.690. The normalized spacial score (nSPS) is 10.8. The van der Waals surface area contributed by atoms with Crippen molar-refractivity contribution in [1.29, 1.82) is 0 Å². The van der Waals surface area contributed by atoms with Crippen LogP contribution in [-0.4, -0.2) is 21.6 Å². The fourth-order valence-corrected chi connectivity index (χ4v) is 2.08. The van der Waals surface area contributed by atoms with E-state index in [-0.39, 0.29) is 0 Å². The Morgan fingerprint density at radius 2 is 2.11 bits per heavy atom. The van der Waals surface area contributed by atoms with Gasteiger partial charge in [0.1, 0.15) is 17.6 Å². The zero-order valence-corrected chi connectivity index (χ0v) is 10.3. The van der Waals surface area contributed by atoms with Gasteiger partial charge in [-0.2, -0.15) is 0 Å². The number of aryl methyl sites for hydroxylation is 1. The van der Waals surface area contributed by atoms with Crippen molar-refractivity contribution in [3.05, 3.63) is 48.5 Å². The Morgan fingerprint density at radius 3 is 2.89 bits per heavy atom. The summed E-state index contributed by atoms with van der Waals surface area (Å²) in [4.78, 5) is 8.42. The highest BCUT2D eigenvalue weighted by Gasteiger charge is 2.07. The molecular weight excluding hydrogens is 226 g/mol. The minimum atomic E-state index is 0.863. The van der Waals surface area contributed by atoms with Crippen LogP contribution in [0.1, 0.15) is 5.56 Å². The number of hydrogen-bond donors (Lipinski definition) is 0. The molecule has 3 aromatic rings. The summed E-state index contributed by atoms with van der Waals surface area (Å²) < 4.78 is 7.28. The predicted molar refractivity (Wildman–Crippen MR) is 70.2 cm³/mol. The second-order valence-corrected chi connectivity index (χ2v) is 4.13. The standard InChI is InChI=1S/C14H13N3O/c1-10-7-11(18-2)3-4-13(10)17-9-16-12-8-15-6-5-14(12)17/h3-9H,1-2H3. The van der Waals surface area contributed by atoms with Gasteiger partial charge in [0.25, 0.3) is 0 Å². The first-order valence-electron chi connectivity index (χ1n) is 5.71. The van der Waals surface area contributed by atoms with Crippen LogP contribution in [0.5, 0.6) is 5.75 Å². The van der Waals surface area contributed by atoms with Crippen molar-refractivity contribution in [1.82, 2.24) is 14.5 Å². The molecule has 0 aliphatic rings. The summed E-state index contributed by atoms with van der Waals surface area (Å²) in [5.41, 5.74) is 4.20. The third-order valence-corrected chi connectivity index (χ3v) is 3.01. The first-order chi connectivity index (χ1) is 8.79. The van der Waals surface area contributed by atoms with Crippen molar-refractivity contribution in [2.75, 3.05) is 7.11 Å². The van der Waals surface area contributed by atoms with Crippen LogP contribution in [-0.2, 0) is 0 Å². The van der Waals surface area contributed by atoms with Gasteiger partial charge in [-0.05, 0) is 36.8 Å². The van der Waals surface area contributed by atoms with E-state index >= 15 is 0 Å². The molecule has 0 radical (unpaired) electrons. The summed E-state index contributed by atoms with van der Waals surface area (Å²) in [6, 6.07) is 7.97. The SMILES string of the molecule is COc1ccc(-n2cnc3cnccc32)c(C)c1. The molecule has 2 aromatic heterocycles. The molecule has 2 heterocycles. The number of hydrogen-bond acceptors (Lipinski definition) is 3. The van der Waals surface area contributed by atoms with E-state index in [1.54, 1.807) is 19.5 Å². The summed E-state index contributed by atoms with van der Waals surface area (Å²) in [5.74, 6) is 0.863. The molecule has 0 saturated heterocycles. The van der Waals surface area contributed by atoms with E-state index in [0.29, 0.717) is 0 Å². The fraction of sp³-hybridized carbons (Fsp3) is 0.143. The molecule has 18 heavy (non-hydrogen) atoms. The molecule has 90 valence electrons. The summed E-state index contributed by atoms with van der Waals surface area (Å²) >= 11 is 0. The van der Waals surface area contributed by atoms with Crippen LogP contribution < -0.4 is 4.74 Å². The van der Waals surface area contributed by atoms with Crippen LogP contribution in [0, 0.1) is 6.92 Å². The van der Waals surface area contributed by atoms with E-state index < -0.39 is 0 Å². The number of nitrogens with zero attached hydrogens (tertiary/aromatic N) is 3. The van der Waals surface area contributed by atoms with E-state index in [4.69, 9.17) is 4.74 Å². The highest BCUT2D eigenvalue weighted by atomic mass is 16.5. The van der Waals surface area contributed by atoms with Gasteiger partial charge < -0.3 is 4.74 Å². The molecule has 0 fully saturated rings. The van der Waals surface area contributed by atoms with Gasteiger partial charge in [0.15, 0.2) is 0 Å². The van der Waals surface area contributed by atoms with Gasteiger partial charge in [-0.15, -0.1) is 0 Å². The van der Waals surface area contributed by atoms with Crippen LogP contribution in [0.3, 0.4) is 0 Å². The molecule has 0 unspecified atom stereocenters. The van der Waals surface area contributed by atoms with Crippen LogP contribution in [0.15, 0.2) is 43.0 Å². The Labute approximate surface area is 105 Å². The van der Waals surface area contributed by atoms with Gasteiger partial charge >= 0.3 is 0 Å². The smallest absolute Gasteiger partial charge is 0.119 e. The first kappa shape index (κ1) is 10.8. The second kappa shape index (κ2) is 4.14. The molecule has 0 spiro atoms. The Hall–Kier alpha value is -2.36. The maximum Gasteiger partial charge on any atom is 0.119 e. The van der Waals surface area contributed by atoms with E-state index in [1.807, 2.05) is 30.6 Å². The van der Waals surface area contributed by atoms with E-state index in [1.165, 1.54) is 0 Å². The molecule has 0 bridgehead atoms. The lowest BCUT2D eigenvalue weighted by Gasteiger charge is -2.09. The molecule has 1 aromatic carbocycles. The average molecular weight is 239 g/mol. The van der Waals surface area contributed by atoms with Crippen LogP contribution in [0.25, 0.3) is 16.7 Å². The average Bonchev–Trinajstić information content (AvgIpc) is 2.82. The second-order valence-electron chi connectivity index (χ2n) is 4.13. The Morgan fingerprint density at radius 1 is 1.22 bits per heavy atom. The van der Waals surface area contributed by atoms with Crippen molar-refractivity contribution in [3.8, 4) is 11.4 Å². The lowest BCUT2D eigenvalue weighted by Crippen LogP contribution is -1.96. The van der Waals surface area contributed by atoms with Crippen molar-refractivity contribution in [2.45, 2.75) is 6.92 Å². The van der Waals surface area contributed by atoms with E-state index in [2.05, 4.69) is 21.5 Å². The number of imidazole rings is 1. The maximum absolute atomic E-state index is 5.22. The molecule has 0 aliphatic carbocycles. The lowest BCUT2D eigenvalue weighted by molar-refractivity contribution is 0.414. The largest absolute Gasteiger partial charge is 0.497 e. The van der Waals surface area contributed by atoms with Crippen LogP contribution >= 0.6 is 0 Å². The topological polar surface area (TPSA) is 39.9 Å². The Bertz CT molecular complexity index is 703. The summed E-state index contributed by atoms with van der Waals surface area (Å²) in [6.07, 6.45) is 5.37. The lowest BCUT2D eigenvalue weighted by atomic mass is 10.2. The number of methoxy groups -OCH3 is 1. The minimum Gasteiger partial charge on any atom is -0.497 e. The van der Waals surface area contributed by atoms with Crippen molar-refractivity contribution in [2.24, 2.45) is 0 Å². The highest BCUT2D eigenvalue weighted by molar-refractivity contribution is 5.76. The molecule has 0 amide bonds. The highest BCUT2D eigenvalue weighted by Crippen LogP contribution is 2.23. The number of pyridine rings is 1. The van der Waals surface area contributed by atoms with Crippen molar-refractivity contribution < 1.29 is 4.74 Å². The zero-order valence-electron chi connectivity index (χ0n) is 10.3. The Balaban J connectivity index is 2.20.